The number of hydrogen-bond donors (Lipinski definition) is 3. The highest BCUT2D eigenvalue weighted by Crippen LogP contribution is 2.21. The van der Waals surface area contributed by atoms with Gasteiger partial charge in [0.2, 0.25) is 5.91 Å². The molecule has 0 atom stereocenters. The molecule has 3 N–H and O–H groups in total. The topological polar surface area (TPSA) is 95.9 Å². The summed E-state index contributed by atoms with van der Waals surface area (Å²) in [5, 5.41) is 21.3. The third kappa shape index (κ3) is 3.27. The number of phenols is 1. The second kappa shape index (κ2) is 5.92. The summed E-state index contributed by atoms with van der Waals surface area (Å²) in [4.78, 5) is 23.4. The molecule has 1 aromatic carbocycles. The van der Waals surface area contributed by atoms with Crippen LogP contribution in [0.4, 0.5) is 0 Å². The quantitative estimate of drug-likeness (QED) is 0.753. The van der Waals surface area contributed by atoms with Crippen molar-refractivity contribution in [1.29, 1.82) is 0 Å². The molecule has 1 aliphatic rings. The van der Waals surface area contributed by atoms with Crippen molar-refractivity contribution in [3.05, 3.63) is 29.8 Å². The first-order chi connectivity index (χ1) is 9.52. The lowest BCUT2D eigenvalue weighted by atomic mass is 9.90. The normalized spacial score (nSPS) is 17.4. The van der Waals surface area contributed by atoms with E-state index in [0.29, 0.717) is 18.8 Å². The molecule has 1 saturated heterocycles. The van der Waals surface area contributed by atoms with Crippen molar-refractivity contribution in [2.75, 3.05) is 13.2 Å². The Hall–Kier alpha value is -2.08. The van der Waals surface area contributed by atoms with Crippen LogP contribution in [0.1, 0.15) is 18.4 Å². The average Bonchev–Trinajstić information content (AvgIpc) is 2.39. The van der Waals surface area contributed by atoms with Gasteiger partial charge in [-0.05, 0) is 17.7 Å². The van der Waals surface area contributed by atoms with Crippen LogP contribution in [0, 0.1) is 0 Å². The van der Waals surface area contributed by atoms with Crippen LogP contribution in [-0.4, -0.2) is 40.8 Å². The summed E-state index contributed by atoms with van der Waals surface area (Å²) in [7, 11) is 0. The molecule has 1 amide bonds. The highest BCUT2D eigenvalue weighted by molar-refractivity contribution is 5.88. The number of carboxylic acid groups (broad SMARTS) is 1. The molecule has 0 bridgehead atoms. The lowest BCUT2D eigenvalue weighted by Gasteiger charge is -2.33. The van der Waals surface area contributed by atoms with Gasteiger partial charge in [-0.3, -0.25) is 4.79 Å². The van der Waals surface area contributed by atoms with Crippen LogP contribution >= 0.6 is 0 Å². The van der Waals surface area contributed by atoms with Gasteiger partial charge in [-0.15, -0.1) is 0 Å². The molecule has 0 aliphatic carbocycles. The lowest BCUT2D eigenvalue weighted by Crippen LogP contribution is -2.57. The smallest absolute Gasteiger partial charge is 0.329 e. The molecule has 1 heterocycles. The Bertz CT molecular complexity index is 508. The van der Waals surface area contributed by atoms with Gasteiger partial charge in [-0.2, -0.15) is 0 Å². The first kappa shape index (κ1) is 14.3. The predicted octanol–water partition coefficient (Wildman–Crippen LogP) is 0.685. The predicted molar refractivity (Wildman–Crippen MR) is 70.4 cm³/mol. The fourth-order valence-corrected chi connectivity index (χ4v) is 2.28. The molecule has 0 unspecified atom stereocenters. The molecule has 0 spiro atoms. The Kier molecular flexibility index (Phi) is 4.24. The summed E-state index contributed by atoms with van der Waals surface area (Å²) in [6.07, 6.45) is 0.548. The van der Waals surface area contributed by atoms with Crippen LogP contribution in [0.3, 0.4) is 0 Å². The third-order valence-corrected chi connectivity index (χ3v) is 3.41. The number of amides is 1. The van der Waals surface area contributed by atoms with E-state index in [1.165, 1.54) is 12.1 Å². The van der Waals surface area contributed by atoms with E-state index >= 15 is 0 Å². The number of aromatic hydroxyl groups is 1. The third-order valence-electron chi connectivity index (χ3n) is 3.41. The van der Waals surface area contributed by atoms with Crippen molar-refractivity contribution < 1.29 is 24.5 Å². The van der Waals surface area contributed by atoms with Crippen LogP contribution in [0.15, 0.2) is 24.3 Å². The number of aliphatic carboxylic acids is 1. The number of phenolic OH excluding ortho intramolecular Hbond substituents is 1. The standard InChI is InChI=1S/C14H17NO5/c16-11-3-1-2-10(8-11)9-12(17)15-14(13(18)19)4-6-20-7-5-14/h1-3,8,16H,4-7,9H2,(H,15,17)(H,18,19). The molecule has 1 fully saturated rings. The molecule has 6 nitrogen and oxygen atoms in total. The van der Waals surface area contributed by atoms with E-state index in [1.807, 2.05) is 0 Å². The number of ether oxygens (including phenoxy) is 1. The van der Waals surface area contributed by atoms with Gasteiger partial charge in [0, 0.05) is 26.1 Å². The van der Waals surface area contributed by atoms with Crippen molar-refractivity contribution in [1.82, 2.24) is 5.32 Å². The van der Waals surface area contributed by atoms with Gasteiger partial charge < -0.3 is 20.3 Å². The van der Waals surface area contributed by atoms with E-state index in [4.69, 9.17) is 4.74 Å². The van der Waals surface area contributed by atoms with Gasteiger partial charge in [0.25, 0.3) is 0 Å². The van der Waals surface area contributed by atoms with Crippen molar-refractivity contribution in [2.24, 2.45) is 0 Å². The number of nitrogens with one attached hydrogen (secondary N) is 1. The monoisotopic (exact) mass is 279 g/mol. The molecule has 0 radical (unpaired) electrons. The van der Waals surface area contributed by atoms with Crippen molar-refractivity contribution >= 4 is 11.9 Å². The van der Waals surface area contributed by atoms with Crippen molar-refractivity contribution in [3.8, 4) is 5.75 Å². The van der Waals surface area contributed by atoms with Crippen molar-refractivity contribution in [3.63, 3.8) is 0 Å². The minimum atomic E-state index is -1.24. The molecule has 108 valence electrons. The zero-order valence-electron chi connectivity index (χ0n) is 11.0. The van der Waals surface area contributed by atoms with Gasteiger partial charge in [-0.25, -0.2) is 4.79 Å². The Morgan fingerprint density at radius 2 is 2.00 bits per heavy atom. The molecule has 1 aromatic rings. The highest BCUT2D eigenvalue weighted by Gasteiger charge is 2.41. The molecule has 0 aromatic heterocycles. The van der Waals surface area contributed by atoms with E-state index in [9.17, 15) is 19.8 Å². The Morgan fingerprint density at radius 3 is 2.60 bits per heavy atom. The second-order valence-corrected chi connectivity index (χ2v) is 4.89. The zero-order chi connectivity index (χ0) is 14.6. The SMILES string of the molecule is O=C(Cc1cccc(O)c1)NC1(C(=O)O)CCOCC1. The minimum absolute atomic E-state index is 0.0320. The molecule has 20 heavy (non-hydrogen) atoms. The lowest BCUT2D eigenvalue weighted by molar-refractivity contribution is -0.152. The zero-order valence-corrected chi connectivity index (χ0v) is 11.0. The van der Waals surface area contributed by atoms with Gasteiger partial charge in [-0.1, -0.05) is 12.1 Å². The van der Waals surface area contributed by atoms with Gasteiger partial charge >= 0.3 is 5.97 Å². The first-order valence-corrected chi connectivity index (χ1v) is 6.42. The molecule has 1 aliphatic heterocycles. The van der Waals surface area contributed by atoms with E-state index in [0.717, 1.165) is 0 Å². The maximum atomic E-state index is 12.0. The largest absolute Gasteiger partial charge is 0.508 e. The Labute approximate surface area is 116 Å². The van der Waals surface area contributed by atoms with Crippen LogP contribution in [0.5, 0.6) is 5.75 Å². The van der Waals surface area contributed by atoms with E-state index in [-0.39, 0.29) is 30.9 Å². The summed E-state index contributed by atoms with van der Waals surface area (Å²) >= 11 is 0. The van der Waals surface area contributed by atoms with Gasteiger partial charge in [0.15, 0.2) is 0 Å². The number of carbonyl (C=O) groups is 2. The second-order valence-electron chi connectivity index (χ2n) is 4.89. The molecular weight excluding hydrogens is 262 g/mol. The number of benzene rings is 1. The van der Waals surface area contributed by atoms with E-state index in [2.05, 4.69) is 5.32 Å². The summed E-state index contributed by atoms with van der Waals surface area (Å²) < 4.78 is 5.14. The van der Waals surface area contributed by atoms with Crippen molar-refractivity contribution in [2.45, 2.75) is 24.8 Å². The highest BCUT2D eigenvalue weighted by atomic mass is 16.5. The maximum absolute atomic E-state index is 12.0. The number of carbonyl (C=O) groups excluding carboxylic acids is 1. The van der Waals surface area contributed by atoms with Crippen LogP contribution < -0.4 is 5.32 Å². The molecule has 2 rings (SSSR count). The van der Waals surface area contributed by atoms with E-state index in [1.54, 1.807) is 12.1 Å². The fourth-order valence-electron chi connectivity index (χ4n) is 2.28. The number of rotatable bonds is 4. The Morgan fingerprint density at radius 1 is 1.30 bits per heavy atom. The van der Waals surface area contributed by atoms with Crippen LogP contribution in [0.25, 0.3) is 0 Å². The summed E-state index contributed by atoms with van der Waals surface area (Å²) in [5.74, 6) is -1.33. The Balaban J connectivity index is 2.03. The van der Waals surface area contributed by atoms with Gasteiger partial charge in [0.05, 0.1) is 6.42 Å². The maximum Gasteiger partial charge on any atom is 0.329 e. The first-order valence-electron chi connectivity index (χ1n) is 6.42. The summed E-state index contributed by atoms with van der Waals surface area (Å²) in [6.45, 7) is 0.636. The minimum Gasteiger partial charge on any atom is -0.508 e. The molecular formula is C14H17NO5. The van der Waals surface area contributed by atoms with Crippen LogP contribution in [0.2, 0.25) is 0 Å². The fraction of sp³-hybridized carbons (Fsp3) is 0.429. The summed E-state index contributed by atoms with van der Waals surface area (Å²) in [6, 6.07) is 6.34. The number of hydrogen-bond acceptors (Lipinski definition) is 4. The molecule has 0 saturated carbocycles. The molecule has 6 heteroatoms. The summed E-state index contributed by atoms with van der Waals surface area (Å²) in [5.41, 5.74) is -0.610. The number of carboxylic acids is 1. The van der Waals surface area contributed by atoms with Crippen LogP contribution in [-0.2, 0) is 20.7 Å². The van der Waals surface area contributed by atoms with Gasteiger partial charge in [0.1, 0.15) is 11.3 Å². The average molecular weight is 279 g/mol. The van der Waals surface area contributed by atoms with E-state index < -0.39 is 11.5 Å².